The summed E-state index contributed by atoms with van der Waals surface area (Å²) in [5.74, 6) is 0.686. The van der Waals surface area contributed by atoms with Crippen molar-refractivity contribution in [1.29, 1.82) is 0 Å². The lowest BCUT2D eigenvalue weighted by molar-refractivity contribution is 0.408. The molecule has 0 saturated heterocycles. The molecule has 26 heavy (non-hydrogen) atoms. The molecule has 2 aromatic carbocycles. The van der Waals surface area contributed by atoms with Crippen LogP contribution >= 0.6 is 22.9 Å². The molecule has 0 saturated carbocycles. The van der Waals surface area contributed by atoms with Crippen molar-refractivity contribution in [2.45, 2.75) is 0 Å². The Bertz CT molecular complexity index is 1290. The highest BCUT2D eigenvalue weighted by Gasteiger charge is 2.12. The van der Waals surface area contributed by atoms with E-state index in [1.807, 2.05) is 0 Å². The normalized spacial score (nSPS) is 12.0. The van der Waals surface area contributed by atoms with Gasteiger partial charge < -0.3 is 14.1 Å². The van der Waals surface area contributed by atoms with Crippen LogP contribution in [0.25, 0.3) is 32.3 Å². The van der Waals surface area contributed by atoms with Gasteiger partial charge in [0.2, 0.25) is 0 Å². The van der Waals surface area contributed by atoms with Gasteiger partial charge in [0.15, 0.2) is 17.2 Å². The van der Waals surface area contributed by atoms with E-state index in [2.05, 4.69) is 9.97 Å². The molecule has 2 heterocycles. The fourth-order valence-electron chi connectivity index (χ4n) is 2.62. The largest absolute Gasteiger partial charge is 0.493 e. The zero-order chi connectivity index (χ0) is 18.3. The fourth-order valence-corrected chi connectivity index (χ4v) is 3.57. The van der Waals surface area contributed by atoms with Crippen LogP contribution in [0, 0.1) is 0 Å². The third-order valence-corrected chi connectivity index (χ3v) is 4.84. The second-order valence-corrected chi connectivity index (χ2v) is 6.81. The molecule has 4 rings (SSSR count). The van der Waals surface area contributed by atoms with Gasteiger partial charge in [-0.25, -0.2) is 9.78 Å². The summed E-state index contributed by atoms with van der Waals surface area (Å²) in [6, 6.07) is 10.5. The average Bonchev–Trinajstić information content (AvgIpc) is 3.01. The van der Waals surface area contributed by atoms with Crippen molar-refractivity contribution in [3.05, 3.63) is 67.9 Å². The highest BCUT2D eigenvalue weighted by atomic mass is 35.5. The number of nitrogens with zero attached hydrogens (tertiary/aromatic N) is 1. The Kier molecular flexibility index (Phi) is 4.10. The van der Waals surface area contributed by atoms with Crippen molar-refractivity contribution < 1.29 is 9.15 Å². The number of hydrogen-bond donors (Lipinski definition) is 1. The van der Waals surface area contributed by atoms with Crippen LogP contribution in [-0.4, -0.2) is 17.1 Å². The highest BCUT2D eigenvalue weighted by molar-refractivity contribution is 7.16. The quantitative estimate of drug-likeness (QED) is 0.578. The molecular formula is C18H11ClN2O4S. The maximum Gasteiger partial charge on any atom is 0.396 e. The minimum Gasteiger partial charge on any atom is -0.493 e. The number of nitrogens with one attached hydrogen (secondary N) is 1. The number of halogens is 1. The molecule has 4 aromatic rings. The summed E-state index contributed by atoms with van der Waals surface area (Å²) in [5, 5.41) is 0.747. The van der Waals surface area contributed by atoms with Gasteiger partial charge in [0, 0.05) is 0 Å². The zero-order valence-corrected chi connectivity index (χ0v) is 15.0. The monoisotopic (exact) mass is 386 g/mol. The summed E-state index contributed by atoms with van der Waals surface area (Å²) in [6.07, 6.45) is 1.64. The van der Waals surface area contributed by atoms with E-state index in [0.29, 0.717) is 32.5 Å². The molecule has 8 heteroatoms. The van der Waals surface area contributed by atoms with E-state index in [1.165, 1.54) is 7.11 Å². The molecule has 0 radical (unpaired) electrons. The van der Waals surface area contributed by atoms with Crippen LogP contribution < -0.4 is 15.2 Å². The first kappa shape index (κ1) is 16.6. The number of para-hydroxylation sites is 1. The van der Waals surface area contributed by atoms with E-state index in [-0.39, 0.29) is 16.4 Å². The lowest BCUT2D eigenvalue weighted by Gasteiger charge is -2.04. The minimum atomic E-state index is -0.411. The molecule has 0 aliphatic rings. The topological polar surface area (TPSA) is 85.2 Å². The van der Waals surface area contributed by atoms with Crippen molar-refractivity contribution in [3.63, 3.8) is 0 Å². The zero-order valence-electron chi connectivity index (χ0n) is 13.4. The number of aromatic nitrogens is 2. The highest BCUT2D eigenvalue weighted by Crippen LogP contribution is 2.31. The Morgan fingerprint density at radius 2 is 2.12 bits per heavy atom. The number of ether oxygens (including phenoxy) is 1. The van der Waals surface area contributed by atoms with Gasteiger partial charge in [-0.05, 0) is 35.9 Å². The summed E-state index contributed by atoms with van der Waals surface area (Å²) < 4.78 is 11.0. The van der Waals surface area contributed by atoms with Crippen molar-refractivity contribution in [3.8, 4) is 5.75 Å². The van der Waals surface area contributed by atoms with E-state index in [4.69, 9.17) is 20.8 Å². The standard InChI is InChI=1S/C18H11ClN2O4S/c1-24-13-7-9(8-14-15(13)25-18(23)26-14)6-11(19)16-20-12-5-3-2-4-10(12)17(22)21-16/h2-8H,1H3,(H,20,21,22). The number of methoxy groups -OCH3 is 1. The summed E-state index contributed by atoms with van der Waals surface area (Å²) in [5.41, 5.74) is 1.37. The van der Waals surface area contributed by atoms with Crippen LogP contribution in [0.5, 0.6) is 5.75 Å². The predicted molar refractivity (Wildman–Crippen MR) is 103 cm³/mol. The molecule has 0 fully saturated rings. The summed E-state index contributed by atoms with van der Waals surface area (Å²) >= 11 is 7.35. The summed E-state index contributed by atoms with van der Waals surface area (Å²) in [7, 11) is 1.49. The van der Waals surface area contributed by atoms with Gasteiger partial charge >= 0.3 is 4.94 Å². The Morgan fingerprint density at radius 3 is 2.92 bits per heavy atom. The van der Waals surface area contributed by atoms with Gasteiger partial charge in [0.1, 0.15) is 0 Å². The molecule has 0 atom stereocenters. The van der Waals surface area contributed by atoms with Crippen LogP contribution in [-0.2, 0) is 0 Å². The number of H-pyrrole nitrogens is 1. The molecule has 130 valence electrons. The third-order valence-electron chi connectivity index (χ3n) is 3.77. The molecule has 0 amide bonds. The van der Waals surface area contributed by atoms with Gasteiger partial charge in [-0.3, -0.25) is 4.79 Å². The third kappa shape index (κ3) is 2.91. The number of fused-ring (bicyclic) bond motifs is 2. The number of hydrogen-bond acceptors (Lipinski definition) is 6. The van der Waals surface area contributed by atoms with Gasteiger partial charge in [-0.2, -0.15) is 0 Å². The first-order valence-corrected chi connectivity index (χ1v) is 8.73. The first-order chi connectivity index (χ1) is 12.5. The van der Waals surface area contributed by atoms with Crippen LogP contribution in [0.4, 0.5) is 0 Å². The van der Waals surface area contributed by atoms with Crippen molar-refractivity contribution in [2.75, 3.05) is 7.11 Å². The first-order valence-electron chi connectivity index (χ1n) is 7.53. The Morgan fingerprint density at radius 1 is 1.31 bits per heavy atom. The Balaban J connectivity index is 1.84. The predicted octanol–water partition coefficient (Wildman–Crippen LogP) is 3.84. The summed E-state index contributed by atoms with van der Waals surface area (Å²) in [4.78, 5) is 30.3. The maximum atomic E-state index is 12.2. The van der Waals surface area contributed by atoms with Crippen LogP contribution in [0.1, 0.15) is 11.4 Å². The Labute approximate surface area is 155 Å². The molecule has 1 N–H and O–H groups in total. The van der Waals surface area contributed by atoms with E-state index in [9.17, 15) is 9.59 Å². The molecule has 0 spiro atoms. The molecule has 6 nitrogen and oxygen atoms in total. The lowest BCUT2D eigenvalue weighted by atomic mass is 10.2. The van der Waals surface area contributed by atoms with Gasteiger partial charge in [0.05, 0.1) is 27.7 Å². The Hall–Kier alpha value is -2.90. The number of rotatable bonds is 3. The van der Waals surface area contributed by atoms with E-state index < -0.39 is 4.94 Å². The number of aromatic amines is 1. The molecule has 0 bridgehead atoms. The fraction of sp³-hybridized carbons (Fsp3) is 0.0556. The van der Waals surface area contributed by atoms with E-state index in [1.54, 1.807) is 42.5 Å². The van der Waals surface area contributed by atoms with Crippen LogP contribution in [0.3, 0.4) is 0 Å². The molecule has 0 unspecified atom stereocenters. The van der Waals surface area contributed by atoms with Crippen molar-refractivity contribution in [2.24, 2.45) is 0 Å². The lowest BCUT2D eigenvalue weighted by Crippen LogP contribution is -2.10. The summed E-state index contributed by atoms with van der Waals surface area (Å²) in [6.45, 7) is 0. The van der Waals surface area contributed by atoms with Gasteiger partial charge in [-0.15, -0.1) is 0 Å². The molecule has 2 aromatic heterocycles. The maximum absolute atomic E-state index is 12.2. The molecule has 0 aliphatic heterocycles. The van der Waals surface area contributed by atoms with Gasteiger partial charge in [0.25, 0.3) is 5.56 Å². The molecule has 0 aliphatic carbocycles. The SMILES string of the molecule is COc1cc(C=C(Cl)c2nc3ccccc3c(=O)[nH]2)cc2sc(=O)oc12. The van der Waals surface area contributed by atoms with Crippen LogP contribution in [0.2, 0.25) is 0 Å². The number of benzene rings is 2. The smallest absolute Gasteiger partial charge is 0.396 e. The second kappa shape index (κ2) is 6.44. The van der Waals surface area contributed by atoms with Crippen LogP contribution in [0.15, 0.2) is 50.4 Å². The average molecular weight is 387 g/mol. The molecular weight excluding hydrogens is 376 g/mol. The second-order valence-electron chi connectivity index (χ2n) is 5.43. The minimum absolute atomic E-state index is 0.255. The van der Waals surface area contributed by atoms with Crippen molar-refractivity contribution >= 4 is 55.2 Å². The van der Waals surface area contributed by atoms with Crippen molar-refractivity contribution in [1.82, 2.24) is 9.97 Å². The van der Waals surface area contributed by atoms with E-state index >= 15 is 0 Å². The van der Waals surface area contributed by atoms with Gasteiger partial charge in [-0.1, -0.05) is 35.1 Å². The van der Waals surface area contributed by atoms with E-state index in [0.717, 1.165) is 11.3 Å².